The zero-order valence-electron chi connectivity index (χ0n) is 10.4. The van der Waals surface area contributed by atoms with Crippen LogP contribution < -0.4 is 5.73 Å². The van der Waals surface area contributed by atoms with Crippen LogP contribution in [-0.2, 0) is 4.74 Å². The Balaban J connectivity index is 2.05. The van der Waals surface area contributed by atoms with Crippen LogP contribution in [0.15, 0.2) is 0 Å². The number of hydrogen-bond donors (Lipinski definition) is 2. The molecule has 4 heteroatoms. The molecule has 16 heavy (non-hydrogen) atoms. The number of rotatable bonds is 8. The third kappa shape index (κ3) is 5.47. The third-order valence-electron chi connectivity index (χ3n) is 3.17. The maximum Gasteiger partial charge on any atom is 0.0918 e. The molecule has 4 nitrogen and oxygen atoms in total. The monoisotopic (exact) mass is 227 g/mol. The van der Waals surface area contributed by atoms with Crippen molar-refractivity contribution in [3.63, 3.8) is 0 Å². The van der Waals surface area contributed by atoms with E-state index in [2.05, 4.69) is 11.8 Å². The number of amidine groups is 1. The first-order chi connectivity index (χ1) is 7.72. The van der Waals surface area contributed by atoms with E-state index in [0.717, 1.165) is 26.2 Å². The summed E-state index contributed by atoms with van der Waals surface area (Å²) in [5, 5.41) is 7.21. The second kappa shape index (κ2) is 7.63. The van der Waals surface area contributed by atoms with Crippen LogP contribution in [0.1, 0.15) is 39.0 Å². The molecule has 1 atom stereocenters. The van der Waals surface area contributed by atoms with E-state index in [9.17, 15) is 0 Å². The van der Waals surface area contributed by atoms with Crippen LogP contribution in [0.4, 0.5) is 0 Å². The molecule has 1 rings (SSSR count). The van der Waals surface area contributed by atoms with Gasteiger partial charge >= 0.3 is 0 Å². The van der Waals surface area contributed by atoms with E-state index in [1.54, 1.807) is 0 Å². The lowest BCUT2D eigenvalue weighted by Gasteiger charge is -2.20. The van der Waals surface area contributed by atoms with Gasteiger partial charge in [-0.1, -0.05) is 6.92 Å². The molecular formula is C12H25N3O. The van der Waals surface area contributed by atoms with Crippen LogP contribution in [0.3, 0.4) is 0 Å². The predicted octanol–water partition coefficient (Wildman–Crippen LogP) is 1.59. The van der Waals surface area contributed by atoms with E-state index in [1.807, 2.05) is 0 Å². The number of hydrogen-bond acceptors (Lipinski definition) is 3. The normalized spacial score (nSPS) is 20.5. The smallest absolute Gasteiger partial charge is 0.0918 e. The van der Waals surface area contributed by atoms with Gasteiger partial charge in [-0.25, -0.2) is 0 Å². The van der Waals surface area contributed by atoms with Crippen molar-refractivity contribution in [3.8, 4) is 0 Å². The van der Waals surface area contributed by atoms with Gasteiger partial charge in [0.15, 0.2) is 0 Å². The molecule has 0 radical (unpaired) electrons. The summed E-state index contributed by atoms with van der Waals surface area (Å²) < 4.78 is 5.59. The Labute approximate surface area is 98.6 Å². The highest BCUT2D eigenvalue weighted by molar-refractivity contribution is 5.76. The van der Waals surface area contributed by atoms with E-state index in [1.165, 1.54) is 25.7 Å². The second-order valence-corrected chi connectivity index (χ2v) is 4.49. The number of nitrogens with one attached hydrogen (secondary N) is 1. The highest BCUT2D eigenvalue weighted by Gasteiger charge is 2.15. The van der Waals surface area contributed by atoms with Gasteiger partial charge in [0.25, 0.3) is 0 Å². The van der Waals surface area contributed by atoms with Crippen molar-refractivity contribution in [1.29, 1.82) is 5.41 Å². The molecule has 1 saturated heterocycles. The maximum atomic E-state index is 7.21. The van der Waals surface area contributed by atoms with Gasteiger partial charge in [-0.15, -0.1) is 0 Å². The molecule has 1 heterocycles. The fraction of sp³-hybridized carbons (Fsp3) is 0.917. The number of nitrogens with zero attached hydrogens (tertiary/aromatic N) is 1. The molecule has 0 aromatic heterocycles. The molecule has 1 aliphatic heterocycles. The minimum Gasteiger partial charge on any atom is -0.388 e. The Kier molecular flexibility index (Phi) is 6.42. The Morgan fingerprint density at radius 1 is 1.50 bits per heavy atom. The highest BCUT2D eigenvalue weighted by Crippen LogP contribution is 2.16. The molecule has 1 aliphatic rings. The number of ether oxygens (including phenoxy) is 1. The third-order valence-corrected chi connectivity index (χ3v) is 3.17. The zero-order valence-corrected chi connectivity index (χ0v) is 10.4. The summed E-state index contributed by atoms with van der Waals surface area (Å²) in [6.07, 6.45) is 6.03. The van der Waals surface area contributed by atoms with Crippen molar-refractivity contribution in [3.05, 3.63) is 0 Å². The van der Waals surface area contributed by atoms with Crippen LogP contribution in [0.2, 0.25) is 0 Å². The molecule has 0 spiro atoms. The second-order valence-electron chi connectivity index (χ2n) is 4.49. The zero-order chi connectivity index (χ0) is 11.8. The Morgan fingerprint density at radius 3 is 2.88 bits per heavy atom. The van der Waals surface area contributed by atoms with Gasteiger partial charge in [-0.3, -0.25) is 5.41 Å². The van der Waals surface area contributed by atoms with Gasteiger partial charge in [-0.05, 0) is 38.8 Å². The van der Waals surface area contributed by atoms with Crippen molar-refractivity contribution in [2.24, 2.45) is 5.73 Å². The maximum absolute atomic E-state index is 7.21. The number of nitrogens with two attached hydrogens (primary N) is 1. The first kappa shape index (κ1) is 13.5. The van der Waals surface area contributed by atoms with Crippen molar-refractivity contribution in [2.45, 2.75) is 45.1 Å². The van der Waals surface area contributed by atoms with Gasteiger partial charge < -0.3 is 15.4 Å². The minimum atomic E-state index is 0.289. The summed E-state index contributed by atoms with van der Waals surface area (Å²) in [7, 11) is 0. The summed E-state index contributed by atoms with van der Waals surface area (Å²) in [4.78, 5) is 2.36. The molecule has 0 aromatic rings. The lowest BCUT2D eigenvalue weighted by atomic mass is 10.1. The standard InChI is InChI=1S/C12H25N3O/c1-2-15(9-7-12(13)14)8-3-5-11-6-4-10-16-11/h11H,2-10H2,1H3,(H3,13,14). The summed E-state index contributed by atoms with van der Waals surface area (Å²) in [6, 6.07) is 0. The molecule has 0 aliphatic carbocycles. The summed E-state index contributed by atoms with van der Waals surface area (Å²) >= 11 is 0. The van der Waals surface area contributed by atoms with E-state index in [4.69, 9.17) is 15.9 Å². The molecule has 1 unspecified atom stereocenters. The first-order valence-corrected chi connectivity index (χ1v) is 6.39. The van der Waals surface area contributed by atoms with Crippen LogP contribution in [-0.4, -0.2) is 43.1 Å². The summed E-state index contributed by atoms with van der Waals surface area (Å²) in [5.74, 6) is 0.289. The van der Waals surface area contributed by atoms with Crippen molar-refractivity contribution < 1.29 is 4.74 Å². The lowest BCUT2D eigenvalue weighted by molar-refractivity contribution is 0.0990. The molecule has 0 amide bonds. The minimum absolute atomic E-state index is 0.289. The van der Waals surface area contributed by atoms with Crippen molar-refractivity contribution >= 4 is 5.84 Å². The fourth-order valence-corrected chi connectivity index (χ4v) is 2.12. The lowest BCUT2D eigenvalue weighted by Crippen LogP contribution is -2.29. The molecule has 0 bridgehead atoms. The molecule has 0 aromatic carbocycles. The first-order valence-electron chi connectivity index (χ1n) is 6.39. The predicted molar refractivity (Wildman–Crippen MR) is 66.9 cm³/mol. The van der Waals surface area contributed by atoms with Crippen LogP contribution in [0.5, 0.6) is 0 Å². The van der Waals surface area contributed by atoms with Gasteiger partial charge in [0, 0.05) is 19.6 Å². The van der Waals surface area contributed by atoms with Crippen LogP contribution in [0.25, 0.3) is 0 Å². The van der Waals surface area contributed by atoms with Crippen LogP contribution in [0, 0.1) is 5.41 Å². The van der Waals surface area contributed by atoms with Gasteiger partial charge in [-0.2, -0.15) is 0 Å². The Morgan fingerprint density at radius 2 is 2.31 bits per heavy atom. The quantitative estimate of drug-likeness (QED) is 0.489. The topological polar surface area (TPSA) is 62.3 Å². The Bertz CT molecular complexity index is 202. The molecule has 0 saturated carbocycles. The summed E-state index contributed by atoms with van der Waals surface area (Å²) in [5.41, 5.74) is 5.36. The van der Waals surface area contributed by atoms with Crippen molar-refractivity contribution in [2.75, 3.05) is 26.2 Å². The van der Waals surface area contributed by atoms with Gasteiger partial charge in [0.05, 0.1) is 11.9 Å². The fourth-order valence-electron chi connectivity index (χ4n) is 2.12. The molecular weight excluding hydrogens is 202 g/mol. The SMILES string of the molecule is CCN(CCCC1CCCO1)CCC(=N)N. The van der Waals surface area contributed by atoms with Gasteiger partial charge in [0.1, 0.15) is 0 Å². The van der Waals surface area contributed by atoms with Gasteiger partial charge in [0.2, 0.25) is 0 Å². The molecule has 1 fully saturated rings. The highest BCUT2D eigenvalue weighted by atomic mass is 16.5. The van der Waals surface area contributed by atoms with Crippen LogP contribution >= 0.6 is 0 Å². The molecule has 94 valence electrons. The molecule has 3 N–H and O–H groups in total. The van der Waals surface area contributed by atoms with Crippen molar-refractivity contribution in [1.82, 2.24) is 4.90 Å². The summed E-state index contributed by atoms with van der Waals surface area (Å²) in [6.45, 7) is 6.17. The van der Waals surface area contributed by atoms with E-state index < -0.39 is 0 Å². The largest absolute Gasteiger partial charge is 0.388 e. The van der Waals surface area contributed by atoms with E-state index in [-0.39, 0.29) is 5.84 Å². The van der Waals surface area contributed by atoms with E-state index >= 15 is 0 Å². The average Bonchev–Trinajstić information content (AvgIpc) is 2.75. The Hall–Kier alpha value is -0.610. The average molecular weight is 227 g/mol. The van der Waals surface area contributed by atoms with E-state index in [0.29, 0.717) is 12.5 Å².